The number of aliphatic hydroxyl groups is 1. The van der Waals surface area contributed by atoms with Crippen molar-refractivity contribution in [3.05, 3.63) is 58.1 Å². The standard InChI is InChI=1S/C30H35ClN2O7/c1-30(2,3)40-29(36)32-11-10-23(19-4-8-22(9-5-19)37-13-12-34)24(17-32)28(35)33(21-6-7-21)16-20-14-26-27(15-25(20)31)39-18-38-26/h4-5,8-9,14-15,21,34H,6-7,10-13,16-18H2,1-3H3. The predicted octanol–water partition coefficient (Wildman–Crippen LogP) is 5.03. The molecule has 2 heterocycles. The van der Waals surface area contributed by atoms with E-state index in [4.69, 9.17) is 35.7 Å². The molecule has 214 valence electrons. The minimum atomic E-state index is -0.647. The lowest BCUT2D eigenvalue weighted by Crippen LogP contribution is -2.44. The van der Waals surface area contributed by atoms with Crippen LogP contribution in [0.2, 0.25) is 5.02 Å². The van der Waals surface area contributed by atoms with Gasteiger partial charge in [-0.1, -0.05) is 23.7 Å². The zero-order valence-electron chi connectivity index (χ0n) is 23.1. The summed E-state index contributed by atoms with van der Waals surface area (Å²) in [6.07, 6.45) is 1.87. The van der Waals surface area contributed by atoms with Crippen LogP contribution in [-0.2, 0) is 16.1 Å². The Kier molecular flexibility index (Phi) is 8.14. The molecule has 0 unspecified atom stereocenters. The summed E-state index contributed by atoms with van der Waals surface area (Å²) in [5, 5.41) is 9.56. The largest absolute Gasteiger partial charge is 0.491 e. The van der Waals surface area contributed by atoms with Crippen LogP contribution >= 0.6 is 11.6 Å². The summed E-state index contributed by atoms with van der Waals surface area (Å²) in [4.78, 5) is 30.8. The number of aliphatic hydroxyl groups excluding tert-OH is 1. The Bertz CT molecular complexity index is 1300. The van der Waals surface area contributed by atoms with Crippen LogP contribution in [-0.4, -0.2) is 71.6 Å². The van der Waals surface area contributed by atoms with Gasteiger partial charge in [-0.15, -0.1) is 0 Å². The molecule has 0 bridgehead atoms. The predicted molar refractivity (Wildman–Crippen MR) is 150 cm³/mol. The van der Waals surface area contributed by atoms with Crippen LogP contribution in [0, 0.1) is 0 Å². The molecule has 1 fully saturated rings. The average Bonchev–Trinajstić information content (AvgIpc) is 3.67. The summed E-state index contributed by atoms with van der Waals surface area (Å²) in [5.41, 5.74) is 2.47. The van der Waals surface area contributed by atoms with E-state index in [9.17, 15) is 9.59 Å². The van der Waals surface area contributed by atoms with Crippen LogP contribution in [0.1, 0.15) is 51.2 Å². The van der Waals surface area contributed by atoms with Gasteiger partial charge in [0.05, 0.1) is 13.2 Å². The highest BCUT2D eigenvalue weighted by Crippen LogP contribution is 2.40. The summed E-state index contributed by atoms with van der Waals surface area (Å²) in [5.74, 6) is 1.71. The number of carbonyl (C=O) groups is 2. The second kappa shape index (κ2) is 11.6. The SMILES string of the molecule is CC(C)(C)OC(=O)N1CCC(c2ccc(OCCO)cc2)=C(C(=O)N(Cc2cc3c(cc2Cl)OCO3)C2CC2)C1. The topological polar surface area (TPSA) is 97.8 Å². The van der Waals surface area contributed by atoms with Crippen LogP contribution in [0.15, 0.2) is 42.0 Å². The van der Waals surface area contributed by atoms with Crippen molar-refractivity contribution in [3.63, 3.8) is 0 Å². The molecule has 0 radical (unpaired) electrons. The first-order chi connectivity index (χ1) is 19.1. The molecule has 2 amide bonds. The fraction of sp³-hybridized carbons (Fsp3) is 0.467. The minimum absolute atomic E-state index is 0.0730. The van der Waals surface area contributed by atoms with Crippen LogP contribution in [0.3, 0.4) is 0 Å². The number of ether oxygens (including phenoxy) is 4. The Hall–Kier alpha value is -3.43. The first-order valence-corrected chi connectivity index (χ1v) is 13.9. The third-order valence-electron chi connectivity index (χ3n) is 6.95. The Morgan fingerprint density at radius 3 is 2.48 bits per heavy atom. The quantitative estimate of drug-likeness (QED) is 0.475. The Morgan fingerprint density at radius 1 is 1.12 bits per heavy atom. The van der Waals surface area contributed by atoms with Crippen molar-refractivity contribution < 1.29 is 33.6 Å². The van der Waals surface area contributed by atoms with Gasteiger partial charge in [0.1, 0.15) is 18.0 Å². The van der Waals surface area contributed by atoms with Gasteiger partial charge in [0.25, 0.3) is 5.91 Å². The summed E-state index contributed by atoms with van der Waals surface area (Å²) >= 11 is 6.59. The summed E-state index contributed by atoms with van der Waals surface area (Å²) in [6.45, 7) is 6.64. The Balaban J connectivity index is 1.47. The van der Waals surface area contributed by atoms with Gasteiger partial charge in [-0.05, 0) is 74.9 Å². The van der Waals surface area contributed by atoms with Gasteiger partial charge in [0.15, 0.2) is 11.5 Å². The smallest absolute Gasteiger partial charge is 0.410 e. The van der Waals surface area contributed by atoms with E-state index in [1.165, 1.54) is 0 Å². The third-order valence-corrected chi connectivity index (χ3v) is 7.30. The minimum Gasteiger partial charge on any atom is -0.491 e. The Morgan fingerprint density at radius 2 is 1.82 bits per heavy atom. The van der Waals surface area contributed by atoms with Crippen molar-refractivity contribution in [3.8, 4) is 17.2 Å². The number of hydrogen-bond acceptors (Lipinski definition) is 7. The van der Waals surface area contributed by atoms with E-state index in [0.29, 0.717) is 47.4 Å². The highest BCUT2D eigenvalue weighted by atomic mass is 35.5. The van der Waals surface area contributed by atoms with Gasteiger partial charge in [0.2, 0.25) is 6.79 Å². The van der Waals surface area contributed by atoms with Gasteiger partial charge in [-0.25, -0.2) is 4.79 Å². The molecule has 2 aromatic rings. The van der Waals surface area contributed by atoms with Gasteiger partial charge in [0, 0.05) is 35.8 Å². The van der Waals surface area contributed by atoms with Crippen molar-refractivity contribution in [2.45, 2.75) is 58.2 Å². The van der Waals surface area contributed by atoms with Crippen molar-refractivity contribution >= 4 is 29.2 Å². The lowest BCUT2D eigenvalue weighted by molar-refractivity contribution is -0.128. The first-order valence-electron chi connectivity index (χ1n) is 13.6. The molecule has 40 heavy (non-hydrogen) atoms. The summed E-state index contributed by atoms with van der Waals surface area (Å²) < 4.78 is 22.1. The normalized spacial score (nSPS) is 16.7. The highest BCUT2D eigenvalue weighted by molar-refractivity contribution is 6.31. The molecule has 0 aromatic heterocycles. The number of hydrogen-bond donors (Lipinski definition) is 1. The second-order valence-electron chi connectivity index (χ2n) is 11.2. The molecule has 3 aliphatic rings. The maximum Gasteiger partial charge on any atom is 0.410 e. The lowest BCUT2D eigenvalue weighted by Gasteiger charge is -2.34. The molecule has 0 atom stereocenters. The molecule has 0 spiro atoms. The number of nitrogens with zero attached hydrogens (tertiary/aromatic N) is 2. The summed E-state index contributed by atoms with van der Waals surface area (Å²) in [6, 6.07) is 11.1. The van der Waals surface area contributed by atoms with E-state index in [0.717, 1.165) is 29.5 Å². The molecule has 1 aliphatic carbocycles. The lowest BCUT2D eigenvalue weighted by atomic mass is 9.92. The van der Waals surface area contributed by atoms with Crippen LogP contribution in [0.25, 0.3) is 5.57 Å². The Labute approximate surface area is 239 Å². The van der Waals surface area contributed by atoms with E-state index in [1.807, 2.05) is 56.0 Å². The van der Waals surface area contributed by atoms with Crippen molar-refractivity contribution in [1.29, 1.82) is 0 Å². The van der Waals surface area contributed by atoms with Crippen LogP contribution in [0.5, 0.6) is 17.2 Å². The van der Waals surface area contributed by atoms with Crippen molar-refractivity contribution in [1.82, 2.24) is 9.80 Å². The number of benzene rings is 2. The zero-order chi connectivity index (χ0) is 28.4. The molecule has 5 rings (SSSR count). The maximum atomic E-state index is 14.3. The molecule has 9 nitrogen and oxygen atoms in total. The molecular formula is C30H35ClN2O7. The van der Waals surface area contributed by atoms with E-state index in [2.05, 4.69) is 0 Å². The molecular weight excluding hydrogens is 536 g/mol. The van der Waals surface area contributed by atoms with Crippen molar-refractivity contribution in [2.75, 3.05) is 33.1 Å². The van der Waals surface area contributed by atoms with Gasteiger partial charge in [-0.2, -0.15) is 0 Å². The number of rotatable bonds is 8. The fourth-order valence-corrected chi connectivity index (χ4v) is 5.08. The maximum absolute atomic E-state index is 14.3. The molecule has 0 saturated heterocycles. The highest BCUT2D eigenvalue weighted by Gasteiger charge is 2.38. The monoisotopic (exact) mass is 570 g/mol. The van der Waals surface area contributed by atoms with Crippen molar-refractivity contribution in [2.24, 2.45) is 0 Å². The molecule has 2 aromatic carbocycles. The van der Waals surface area contributed by atoms with Gasteiger partial charge in [-0.3, -0.25) is 4.79 Å². The van der Waals surface area contributed by atoms with Gasteiger partial charge >= 0.3 is 6.09 Å². The number of halogens is 1. The van der Waals surface area contributed by atoms with E-state index >= 15 is 0 Å². The molecule has 10 heteroatoms. The number of amides is 2. The van der Waals surface area contributed by atoms with E-state index in [-0.39, 0.29) is 38.5 Å². The second-order valence-corrected chi connectivity index (χ2v) is 11.6. The number of carbonyl (C=O) groups excluding carboxylic acids is 2. The van der Waals surface area contributed by atoms with Gasteiger partial charge < -0.3 is 33.9 Å². The molecule has 1 N–H and O–H groups in total. The van der Waals surface area contributed by atoms with E-state index < -0.39 is 11.7 Å². The summed E-state index contributed by atoms with van der Waals surface area (Å²) in [7, 11) is 0. The van der Waals surface area contributed by atoms with E-state index in [1.54, 1.807) is 11.0 Å². The average molecular weight is 571 g/mol. The fourth-order valence-electron chi connectivity index (χ4n) is 4.87. The molecule has 2 aliphatic heterocycles. The number of fused-ring (bicyclic) bond motifs is 1. The zero-order valence-corrected chi connectivity index (χ0v) is 23.8. The first kappa shape index (κ1) is 28.1. The third kappa shape index (κ3) is 6.47. The van der Waals surface area contributed by atoms with Crippen LogP contribution in [0.4, 0.5) is 4.79 Å². The molecule has 1 saturated carbocycles. The van der Waals surface area contributed by atoms with Crippen LogP contribution < -0.4 is 14.2 Å².